The van der Waals surface area contributed by atoms with Crippen molar-refractivity contribution in [2.45, 2.75) is 63.6 Å². The molecular formula is C25H32F2NO+. The van der Waals surface area contributed by atoms with Gasteiger partial charge in [-0.05, 0) is 60.6 Å². The van der Waals surface area contributed by atoms with E-state index < -0.39 is 5.60 Å². The van der Waals surface area contributed by atoms with Crippen LogP contribution in [0.15, 0.2) is 36.4 Å². The molecule has 29 heavy (non-hydrogen) atoms. The first-order valence-corrected chi connectivity index (χ1v) is 10.7. The minimum atomic E-state index is -1.41. The van der Waals surface area contributed by atoms with Crippen LogP contribution < -0.4 is 0 Å². The van der Waals surface area contributed by atoms with Crippen LogP contribution in [-0.4, -0.2) is 35.8 Å². The van der Waals surface area contributed by atoms with Crippen molar-refractivity contribution in [1.29, 1.82) is 0 Å². The highest BCUT2D eigenvalue weighted by molar-refractivity contribution is 5.44. The van der Waals surface area contributed by atoms with Gasteiger partial charge >= 0.3 is 0 Å². The highest BCUT2D eigenvalue weighted by atomic mass is 19.1. The number of fused-ring (bicyclic) bond motifs is 2. The summed E-state index contributed by atoms with van der Waals surface area (Å²) < 4.78 is 29.9. The van der Waals surface area contributed by atoms with Gasteiger partial charge in [0.1, 0.15) is 17.2 Å². The molecule has 0 aliphatic carbocycles. The number of quaternary nitrogens is 1. The number of hydrogen-bond acceptors (Lipinski definition) is 1. The number of aliphatic hydroxyl groups is 1. The molecule has 2 heterocycles. The maximum atomic E-state index is 14.4. The van der Waals surface area contributed by atoms with Crippen LogP contribution in [0, 0.1) is 31.4 Å². The number of rotatable bonds is 4. The molecule has 2 nitrogen and oxygen atoms in total. The quantitative estimate of drug-likeness (QED) is 0.697. The lowest BCUT2D eigenvalue weighted by atomic mass is 9.73. The summed E-state index contributed by atoms with van der Waals surface area (Å²) in [7, 11) is 4.64. The molecule has 0 radical (unpaired) electrons. The molecule has 0 unspecified atom stereocenters. The van der Waals surface area contributed by atoms with Crippen molar-refractivity contribution in [3.63, 3.8) is 0 Å². The first-order chi connectivity index (χ1) is 13.6. The van der Waals surface area contributed by atoms with Crippen LogP contribution in [0.2, 0.25) is 0 Å². The third-order valence-electron chi connectivity index (χ3n) is 7.94. The lowest BCUT2D eigenvalue weighted by Gasteiger charge is -2.46. The summed E-state index contributed by atoms with van der Waals surface area (Å²) in [5, 5.41) is 12.1. The fourth-order valence-electron chi connectivity index (χ4n) is 6.05. The van der Waals surface area contributed by atoms with Crippen molar-refractivity contribution in [1.82, 2.24) is 0 Å². The fraction of sp³-hybridized carbons (Fsp3) is 0.520. The number of benzene rings is 2. The van der Waals surface area contributed by atoms with Crippen molar-refractivity contribution in [2.24, 2.45) is 5.92 Å². The summed E-state index contributed by atoms with van der Waals surface area (Å²) in [5.41, 5.74) is 0.578. The maximum absolute atomic E-state index is 14.4. The second kappa shape index (κ2) is 7.17. The van der Waals surface area contributed by atoms with Crippen LogP contribution in [-0.2, 0) is 5.60 Å². The normalized spacial score (nSPS) is 26.0. The van der Waals surface area contributed by atoms with Gasteiger partial charge in [-0.1, -0.05) is 24.3 Å². The Bertz CT molecular complexity index is 856. The average Bonchev–Trinajstić information content (AvgIpc) is 2.83. The van der Waals surface area contributed by atoms with Gasteiger partial charge in [-0.2, -0.15) is 0 Å². The van der Waals surface area contributed by atoms with Crippen molar-refractivity contribution in [3.8, 4) is 0 Å². The smallest absolute Gasteiger partial charge is 0.126 e. The van der Waals surface area contributed by atoms with Gasteiger partial charge < -0.3 is 9.59 Å². The summed E-state index contributed by atoms with van der Waals surface area (Å²) in [6.07, 6.45) is 5.05. The largest absolute Gasteiger partial charge is 0.380 e. The van der Waals surface area contributed by atoms with Gasteiger partial charge in [-0.25, -0.2) is 8.78 Å². The molecule has 2 aliphatic heterocycles. The van der Waals surface area contributed by atoms with Crippen LogP contribution in [0.25, 0.3) is 0 Å². The Hall–Kier alpha value is -1.78. The summed E-state index contributed by atoms with van der Waals surface area (Å²) >= 11 is 0. The predicted molar refractivity (Wildman–Crippen MR) is 112 cm³/mol. The highest BCUT2D eigenvalue weighted by Gasteiger charge is 2.50. The van der Waals surface area contributed by atoms with E-state index in [1.54, 1.807) is 38.1 Å². The Labute approximate surface area is 172 Å². The molecule has 2 bridgehead atoms. The van der Waals surface area contributed by atoms with E-state index in [1.807, 2.05) is 0 Å². The minimum Gasteiger partial charge on any atom is -0.380 e. The minimum absolute atomic E-state index is 0.328. The van der Waals surface area contributed by atoms with Crippen LogP contribution in [0.3, 0.4) is 0 Å². The van der Waals surface area contributed by atoms with Gasteiger partial charge in [-0.3, -0.25) is 0 Å². The monoisotopic (exact) mass is 400 g/mol. The van der Waals surface area contributed by atoms with E-state index in [4.69, 9.17) is 0 Å². The van der Waals surface area contributed by atoms with Crippen molar-refractivity contribution >= 4 is 0 Å². The molecule has 2 atom stereocenters. The van der Waals surface area contributed by atoms with Gasteiger partial charge in [0.15, 0.2) is 0 Å². The number of hydrogen-bond donors (Lipinski definition) is 1. The highest BCUT2D eigenvalue weighted by Crippen LogP contribution is 2.48. The number of halogens is 2. The lowest BCUT2D eigenvalue weighted by Crippen LogP contribution is -2.55. The average molecular weight is 401 g/mol. The third-order valence-corrected chi connectivity index (χ3v) is 7.94. The second-order valence-electron chi connectivity index (χ2n) is 9.74. The Morgan fingerprint density at radius 2 is 1.34 bits per heavy atom. The topological polar surface area (TPSA) is 20.2 Å². The standard InChI is InChI=1S/C25H32F2NO/c1-16-21(7-5-9-23(16)26)25(29,22-8-6-10-24(27)17(22)2)15-18-13-19-11-12-20(14-18)28(19,3)4/h5-10,18-20,29H,11-15H2,1-4H3/q+1/t19-,20-/m1/s1. The Morgan fingerprint density at radius 1 is 0.897 bits per heavy atom. The van der Waals surface area contributed by atoms with E-state index in [9.17, 15) is 13.9 Å². The SMILES string of the molecule is Cc1c(F)cccc1C(O)(CC1C[C@H]2CC[C@H](C1)[N+]2(C)C)c1cccc(F)c1C. The van der Waals surface area contributed by atoms with E-state index >= 15 is 0 Å². The Morgan fingerprint density at radius 3 is 1.79 bits per heavy atom. The van der Waals surface area contributed by atoms with E-state index in [-0.39, 0.29) is 11.6 Å². The molecule has 1 N–H and O–H groups in total. The number of nitrogens with zero attached hydrogens (tertiary/aromatic N) is 1. The molecule has 0 saturated carbocycles. The first kappa shape index (κ1) is 20.5. The van der Waals surface area contributed by atoms with Crippen LogP contribution in [0.5, 0.6) is 0 Å². The Kier molecular flexibility index (Phi) is 5.07. The molecule has 2 aliphatic rings. The predicted octanol–water partition coefficient (Wildman–Crippen LogP) is 5.23. The lowest BCUT2D eigenvalue weighted by molar-refractivity contribution is -0.931. The zero-order chi connectivity index (χ0) is 21.0. The number of piperidine rings is 1. The first-order valence-electron chi connectivity index (χ1n) is 10.7. The molecule has 4 rings (SSSR count). The Balaban J connectivity index is 1.78. The molecule has 156 valence electrons. The van der Waals surface area contributed by atoms with E-state index in [2.05, 4.69) is 14.1 Å². The van der Waals surface area contributed by atoms with Gasteiger partial charge in [0, 0.05) is 25.7 Å². The molecule has 2 saturated heterocycles. The van der Waals surface area contributed by atoms with E-state index in [0.29, 0.717) is 46.7 Å². The van der Waals surface area contributed by atoms with Crippen LogP contribution >= 0.6 is 0 Å². The molecule has 2 aromatic carbocycles. The van der Waals surface area contributed by atoms with E-state index in [1.165, 1.54) is 25.0 Å². The molecule has 0 spiro atoms. The van der Waals surface area contributed by atoms with Crippen molar-refractivity contribution in [3.05, 3.63) is 70.3 Å². The zero-order valence-corrected chi connectivity index (χ0v) is 17.9. The van der Waals surface area contributed by atoms with Gasteiger partial charge in [0.25, 0.3) is 0 Å². The zero-order valence-electron chi connectivity index (χ0n) is 17.9. The van der Waals surface area contributed by atoms with Crippen molar-refractivity contribution < 1.29 is 18.4 Å². The summed E-state index contributed by atoms with van der Waals surface area (Å²) in [4.78, 5) is 0. The van der Waals surface area contributed by atoms with Gasteiger partial charge in [0.05, 0.1) is 26.2 Å². The summed E-state index contributed by atoms with van der Waals surface area (Å²) in [6, 6.07) is 10.9. The third kappa shape index (κ3) is 3.30. The second-order valence-corrected chi connectivity index (χ2v) is 9.74. The van der Waals surface area contributed by atoms with E-state index in [0.717, 1.165) is 17.3 Å². The summed E-state index contributed by atoms with van der Waals surface area (Å²) in [6.45, 7) is 3.41. The molecule has 2 fully saturated rings. The molecular weight excluding hydrogens is 368 g/mol. The molecule has 2 aromatic rings. The van der Waals surface area contributed by atoms with Crippen LogP contribution in [0.4, 0.5) is 8.78 Å². The molecule has 4 heteroatoms. The van der Waals surface area contributed by atoms with Crippen LogP contribution in [0.1, 0.15) is 54.4 Å². The van der Waals surface area contributed by atoms with Gasteiger partial charge in [-0.15, -0.1) is 0 Å². The molecule has 0 aromatic heterocycles. The molecule has 0 amide bonds. The fourth-order valence-corrected chi connectivity index (χ4v) is 6.05. The maximum Gasteiger partial charge on any atom is 0.126 e. The van der Waals surface area contributed by atoms with Gasteiger partial charge in [0.2, 0.25) is 0 Å². The van der Waals surface area contributed by atoms with Crippen molar-refractivity contribution in [2.75, 3.05) is 14.1 Å². The summed E-state index contributed by atoms with van der Waals surface area (Å²) in [5.74, 6) is -0.345.